The quantitative estimate of drug-likeness (QED) is 0.869. The van der Waals surface area contributed by atoms with Crippen LogP contribution in [0.15, 0.2) is 23.1 Å². The number of thiazole rings is 1. The van der Waals surface area contributed by atoms with Crippen LogP contribution in [0.1, 0.15) is 19.3 Å². The minimum atomic E-state index is 0.131. The maximum Gasteiger partial charge on any atom is 0.229 e. The number of anilines is 1. The molecule has 1 saturated carbocycles. The molecule has 3 rings (SSSR count). The van der Waals surface area contributed by atoms with Gasteiger partial charge in [-0.1, -0.05) is 23.8 Å². The summed E-state index contributed by atoms with van der Waals surface area (Å²) >= 11 is 3.23. The van der Waals surface area contributed by atoms with Crippen molar-refractivity contribution >= 4 is 44.4 Å². The zero-order valence-electron chi connectivity index (χ0n) is 10.1. The molecule has 94 valence electrons. The van der Waals surface area contributed by atoms with E-state index in [1.165, 1.54) is 6.42 Å². The second kappa shape index (κ2) is 4.90. The summed E-state index contributed by atoms with van der Waals surface area (Å²) in [6.45, 7) is 0. The van der Waals surface area contributed by atoms with Gasteiger partial charge in [-0.15, -0.1) is 11.8 Å². The minimum Gasteiger partial charge on any atom is -0.302 e. The molecule has 1 aromatic carbocycles. The molecule has 1 aromatic heterocycles. The number of thioether (sulfide) groups is 1. The number of aromatic nitrogens is 1. The topological polar surface area (TPSA) is 42.0 Å². The number of benzene rings is 1. The Hall–Kier alpha value is -1.07. The van der Waals surface area contributed by atoms with Crippen molar-refractivity contribution in [3.05, 3.63) is 18.2 Å². The molecular weight excluding hydrogens is 264 g/mol. The molecule has 0 aliphatic heterocycles. The molecule has 1 fully saturated rings. The molecule has 0 radical (unpaired) electrons. The number of carbonyl (C=O) groups excluding carboxylic acids is 1. The molecule has 3 nitrogen and oxygen atoms in total. The van der Waals surface area contributed by atoms with Gasteiger partial charge in [0.25, 0.3) is 0 Å². The summed E-state index contributed by atoms with van der Waals surface area (Å²) < 4.78 is 1.13. The van der Waals surface area contributed by atoms with Gasteiger partial charge < -0.3 is 5.32 Å². The molecule has 0 bridgehead atoms. The van der Waals surface area contributed by atoms with Gasteiger partial charge in [-0.3, -0.25) is 4.79 Å². The van der Waals surface area contributed by atoms with Crippen molar-refractivity contribution in [2.24, 2.45) is 5.92 Å². The van der Waals surface area contributed by atoms with E-state index in [0.717, 1.165) is 33.1 Å². The summed E-state index contributed by atoms with van der Waals surface area (Å²) in [5.74, 6) is 0.336. The van der Waals surface area contributed by atoms with Gasteiger partial charge in [-0.2, -0.15) is 0 Å². The van der Waals surface area contributed by atoms with Crippen LogP contribution in [0, 0.1) is 5.92 Å². The highest BCUT2D eigenvalue weighted by molar-refractivity contribution is 7.98. The lowest BCUT2D eigenvalue weighted by Crippen LogP contribution is -2.27. The predicted molar refractivity (Wildman–Crippen MR) is 77.4 cm³/mol. The standard InChI is InChI=1S/C13H14N2OS2/c1-17-9-6-3-7-10-11(9)14-13(18-10)15-12(16)8-4-2-5-8/h3,6-8H,2,4-5H2,1H3,(H,14,15,16). The first-order valence-electron chi connectivity index (χ1n) is 6.02. The van der Waals surface area contributed by atoms with Crippen molar-refractivity contribution in [3.63, 3.8) is 0 Å². The Bertz CT molecular complexity index is 590. The Morgan fingerprint density at radius 2 is 2.33 bits per heavy atom. The first-order chi connectivity index (χ1) is 8.78. The van der Waals surface area contributed by atoms with Gasteiger partial charge in [0, 0.05) is 10.8 Å². The molecule has 0 saturated heterocycles. The molecule has 2 aromatic rings. The number of nitrogens with one attached hydrogen (secondary N) is 1. The smallest absolute Gasteiger partial charge is 0.229 e. The van der Waals surface area contributed by atoms with Crippen LogP contribution in [0.5, 0.6) is 0 Å². The van der Waals surface area contributed by atoms with Crippen molar-refractivity contribution in [1.82, 2.24) is 4.98 Å². The number of amides is 1. The first kappa shape index (κ1) is 12.0. The van der Waals surface area contributed by atoms with Crippen LogP contribution in [0.25, 0.3) is 10.2 Å². The monoisotopic (exact) mass is 278 g/mol. The molecule has 1 heterocycles. The molecule has 0 atom stereocenters. The Kier molecular flexibility index (Phi) is 3.26. The van der Waals surface area contributed by atoms with E-state index in [2.05, 4.69) is 16.4 Å². The van der Waals surface area contributed by atoms with E-state index in [9.17, 15) is 4.79 Å². The van der Waals surface area contributed by atoms with Gasteiger partial charge >= 0.3 is 0 Å². The highest BCUT2D eigenvalue weighted by Gasteiger charge is 2.25. The van der Waals surface area contributed by atoms with Crippen LogP contribution < -0.4 is 5.32 Å². The summed E-state index contributed by atoms with van der Waals surface area (Å²) in [6.07, 6.45) is 5.26. The van der Waals surface area contributed by atoms with Crippen molar-refractivity contribution in [2.75, 3.05) is 11.6 Å². The average molecular weight is 278 g/mol. The second-order valence-electron chi connectivity index (χ2n) is 4.44. The third-order valence-electron chi connectivity index (χ3n) is 3.31. The van der Waals surface area contributed by atoms with E-state index in [1.807, 2.05) is 18.4 Å². The maximum absolute atomic E-state index is 11.9. The normalized spacial score (nSPS) is 15.6. The molecule has 0 unspecified atom stereocenters. The number of hydrogen-bond donors (Lipinski definition) is 1. The predicted octanol–water partition coefficient (Wildman–Crippen LogP) is 3.76. The molecule has 18 heavy (non-hydrogen) atoms. The zero-order valence-corrected chi connectivity index (χ0v) is 11.7. The number of para-hydroxylation sites is 1. The Balaban J connectivity index is 1.86. The highest BCUT2D eigenvalue weighted by Crippen LogP contribution is 2.33. The van der Waals surface area contributed by atoms with E-state index in [-0.39, 0.29) is 11.8 Å². The molecule has 5 heteroatoms. The van der Waals surface area contributed by atoms with Gasteiger partial charge in [-0.05, 0) is 31.2 Å². The van der Waals surface area contributed by atoms with E-state index in [4.69, 9.17) is 0 Å². The fourth-order valence-corrected chi connectivity index (χ4v) is 3.54. The molecular formula is C13H14N2OS2. The third-order valence-corrected chi connectivity index (χ3v) is 5.01. The van der Waals surface area contributed by atoms with E-state index < -0.39 is 0 Å². The van der Waals surface area contributed by atoms with Crippen molar-refractivity contribution in [2.45, 2.75) is 24.2 Å². The lowest BCUT2D eigenvalue weighted by molar-refractivity contribution is -0.122. The molecule has 1 aliphatic carbocycles. The fourth-order valence-electron chi connectivity index (χ4n) is 2.02. The number of fused-ring (bicyclic) bond motifs is 1. The van der Waals surface area contributed by atoms with Gasteiger partial charge in [-0.25, -0.2) is 4.98 Å². The summed E-state index contributed by atoms with van der Waals surface area (Å²) in [7, 11) is 0. The van der Waals surface area contributed by atoms with E-state index in [1.54, 1.807) is 23.1 Å². The Labute approximate surface area is 114 Å². The lowest BCUT2D eigenvalue weighted by Gasteiger charge is -2.23. The van der Waals surface area contributed by atoms with E-state index in [0.29, 0.717) is 0 Å². The molecule has 0 spiro atoms. The zero-order chi connectivity index (χ0) is 12.5. The van der Waals surface area contributed by atoms with Gasteiger partial charge in [0.15, 0.2) is 5.13 Å². The number of rotatable bonds is 3. The minimum absolute atomic E-state index is 0.131. The summed E-state index contributed by atoms with van der Waals surface area (Å²) in [6, 6.07) is 6.14. The van der Waals surface area contributed by atoms with Crippen molar-refractivity contribution < 1.29 is 4.79 Å². The van der Waals surface area contributed by atoms with Crippen LogP contribution in [-0.2, 0) is 4.79 Å². The van der Waals surface area contributed by atoms with Gasteiger partial charge in [0.05, 0.1) is 10.2 Å². The molecule has 1 amide bonds. The van der Waals surface area contributed by atoms with Gasteiger partial charge in [0.2, 0.25) is 5.91 Å². The lowest BCUT2D eigenvalue weighted by atomic mass is 9.85. The summed E-state index contributed by atoms with van der Waals surface area (Å²) in [5, 5.41) is 3.67. The van der Waals surface area contributed by atoms with Crippen molar-refractivity contribution in [3.8, 4) is 0 Å². The fraction of sp³-hybridized carbons (Fsp3) is 0.385. The second-order valence-corrected chi connectivity index (χ2v) is 6.32. The SMILES string of the molecule is CSc1cccc2sc(NC(=O)C3CCC3)nc12. The van der Waals surface area contributed by atoms with Crippen LogP contribution >= 0.6 is 23.1 Å². The van der Waals surface area contributed by atoms with Crippen LogP contribution in [0.4, 0.5) is 5.13 Å². The van der Waals surface area contributed by atoms with Crippen molar-refractivity contribution in [1.29, 1.82) is 0 Å². The highest BCUT2D eigenvalue weighted by atomic mass is 32.2. The maximum atomic E-state index is 11.9. The summed E-state index contributed by atoms with van der Waals surface area (Å²) in [4.78, 5) is 17.6. The average Bonchev–Trinajstić information content (AvgIpc) is 2.68. The Morgan fingerprint density at radius 1 is 1.50 bits per heavy atom. The number of nitrogens with zero attached hydrogens (tertiary/aromatic N) is 1. The molecule has 1 N–H and O–H groups in total. The Morgan fingerprint density at radius 3 is 3.00 bits per heavy atom. The number of hydrogen-bond acceptors (Lipinski definition) is 4. The van der Waals surface area contributed by atoms with E-state index >= 15 is 0 Å². The first-order valence-corrected chi connectivity index (χ1v) is 8.06. The van der Waals surface area contributed by atoms with Crippen LogP contribution in [-0.4, -0.2) is 17.1 Å². The largest absolute Gasteiger partial charge is 0.302 e. The summed E-state index contributed by atoms with van der Waals surface area (Å²) in [5.41, 5.74) is 0.999. The molecule has 1 aliphatic rings. The van der Waals surface area contributed by atoms with Crippen LogP contribution in [0.3, 0.4) is 0 Å². The van der Waals surface area contributed by atoms with Gasteiger partial charge in [0.1, 0.15) is 0 Å². The third kappa shape index (κ3) is 2.12. The number of carbonyl (C=O) groups is 1. The van der Waals surface area contributed by atoms with Crippen LogP contribution in [0.2, 0.25) is 0 Å².